The standard InChI is InChI=1S/C13H19N3O2S/c1-3-19(17,18)15(2)12-6-10-16(11-7-12)13-4-8-14-9-5-13/h3-5,8-9,12H,1,6-7,10-11H2,2H3. The second-order valence-electron chi connectivity index (χ2n) is 4.65. The Morgan fingerprint density at radius 3 is 2.47 bits per heavy atom. The van der Waals surface area contributed by atoms with Gasteiger partial charge >= 0.3 is 0 Å². The first kappa shape index (κ1) is 14.0. The van der Waals surface area contributed by atoms with Gasteiger partial charge in [-0.25, -0.2) is 8.42 Å². The minimum absolute atomic E-state index is 0.0566. The second kappa shape index (κ2) is 5.71. The fraction of sp³-hybridized carbons (Fsp3) is 0.462. The Labute approximate surface area is 114 Å². The Morgan fingerprint density at radius 2 is 1.95 bits per heavy atom. The first-order chi connectivity index (χ1) is 9.04. The lowest BCUT2D eigenvalue weighted by molar-refractivity contribution is 0.315. The number of nitrogens with zero attached hydrogens (tertiary/aromatic N) is 3. The third-order valence-electron chi connectivity index (χ3n) is 3.62. The first-order valence-electron chi connectivity index (χ1n) is 6.30. The Kier molecular flexibility index (Phi) is 4.21. The van der Waals surface area contributed by atoms with Crippen LogP contribution in [0.25, 0.3) is 0 Å². The molecule has 104 valence electrons. The largest absolute Gasteiger partial charge is 0.371 e. The van der Waals surface area contributed by atoms with Crippen molar-refractivity contribution < 1.29 is 8.42 Å². The van der Waals surface area contributed by atoms with Crippen molar-refractivity contribution in [2.24, 2.45) is 0 Å². The zero-order chi connectivity index (χ0) is 13.9. The van der Waals surface area contributed by atoms with E-state index >= 15 is 0 Å². The molecule has 0 saturated carbocycles. The van der Waals surface area contributed by atoms with Crippen LogP contribution in [-0.2, 0) is 10.0 Å². The molecule has 0 atom stereocenters. The predicted molar refractivity (Wildman–Crippen MR) is 76.4 cm³/mol. The predicted octanol–water partition coefficient (Wildman–Crippen LogP) is 1.46. The van der Waals surface area contributed by atoms with Gasteiger partial charge in [0.2, 0.25) is 10.0 Å². The van der Waals surface area contributed by atoms with Crippen LogP contribution >= 0.6 is 0 Å². The highest BCUT2D eigenvalue weighted by molar-refractivity contribution is 7.92. The maximum absolute atomic E-state index is 11.7. The molecule has 0 unspecified atom stereocenters. The highest BCUT2D eigenvalue weighted by Crippen LogP contribution is 2.22. The number of sulfonamides is 1. The first-order valence-corrected chi connectivity index (χ1v) is 7.80. The summed E-state index contributed by atoms with van der Waals surface area (Å²) < 4.78 is 24.9. The molecule has 2 heterocycles. The Balaban J connectivity index is 1.98. The summed E-state index contributed by atoms with van der Waals surface area (Å²) in [6, 6.07) is 4.01. The molecule has 1 fully saturated rings. The second-order valence-corrected chi connectivity index (χ2v) is 6.59. The molecule has 0 N–H and O–H groups in total. The van der Waals surface area contributed by atoms with Crippen LogP contribution in [0.15, 0.2) is 36.5 Å². The summed E-state index contributed by atoms with van der Waals surface area (Å²) in [7, 11) is -1.68. The maximum Gasteiger partial charge on any atom is 0.235 e. The summed E-state index contributed by atoms with van der Waals surface area (Å²) in [5.74, 6) is 0. The summed E-state index contributed by atoms with van der Waals surface area (Å²) in [5, 5.41) is 1.02. The highest BCUT2D eigenvalue weighted by Gasteiger charge is 2.27. The van der Waals surface area contributed by atoms with E-state index in [1.807, 2.05) is 12.1 Å². The smallest absolute Gasteiger partial charge is 0.235 e. The minimum Gasteiger partial charge on any atom is -0.371 e. The lowest BCUT2D eigenvalue weighted by Crippen LogP contribution is -2.45. The van der Waals surface area contributed by atoms with Crippen LogP contribution in [0.2, 0.25) is 0 Å². The molecule has 1 aromatic heterocycles. The molecule has 19 heavy (non-hydrogen) atoms. The van der Waals surface area contributed by atoms with E-state index in [1.54, 1.807) is 19.4 Å². The molecule has 1 aliphatic heterocycles. The molecule has 1 aromatic rings. The summed E-state index contributed by atoms with van der Waals surface area (Å²) in [6.45, 7) is 5.07. The summed E-state index contributed by atoms with van der Waals surface area (Å²) in [6.07, 6.45) is 5.20. The van der Waals surface area contributed by atoms with Gasteiger partial charge in [0.1, 0.15) is 0 Å². The number of piperidine rings is 1. The third-order valence-corrected chi connectivity index (χ3v) is 5.14. The molecule has 0 radical (unpaired) electrons. The van der Waals surface area contributed by atoms with Crippen molar-refractivity contribution in [2.75, 3.05) is 25.0 Å². The maximum atomic E-state index is 11.7. The van der Waals surface area contributed by atoms with Crippen molar-refractivity contribution in [3.8, 4) is 0 Å². The summed E-state index contributed by atoms with van der Waals surface area (Å²) >= 11 is 0. The van der Waals surface area contributed by atoms with E-state index in [2.05, 4.69) is 16.5 Å². The van der Waals surface area contributed by atoms with Gasteiger partial charge in [-0.3, -0.25) is 4.98 Å². The van der Waals surface area contributed by atoms with Crippen LogP contribution in [0.4, 0.5) is 5.69 Å². The van der Waals surface area contributed by atoms with Gasteiger partial charge < -0.3 is 4.90 Å². The van der Waals surface area contributed by atoms with Crippen LogP contribution in [0.1, 0.15) is 12.8 Å². The van der Waals surface area contributed by atoms with Gasteiger partial charge in [0.15, 0.2) is 0 Å². The normalized spacial score (nSPS) is 17.7. The third kappa shape index (κ3) is 3.13. The van der Waals surface area contributed by atoms with E-state index in [1.165, 1.54) is 4.31 Å². The van der Waals surface area contributed by atoms with E-state index in [4.69, 9.17) is 0 Å². The molecule has 0 aliphatic carbocycles. The van der Waals surface area contributed by atoms with Crippen molar-refractivity contribution in [1.29, 1.82) is 0 Å². The zero-order valence-electron chi connectivity index (χ0n) is 11.1. The van der Waals surface area contributed by atoms with Gasteiger partial charge in [0.05, 0.1) is 0 Å². The minimum atomic E-state index is -3.31. The van der Waals surface area contributed by atoms with Gasteiger partial charge in [-0.2, -0.15) is 4.31 Å². The van der Waals surface area contributed by atoms with Crippen molar-refractivity contribution in [2.45, 2.75) is 18.9 Å². The fourth-order valence-corrected chi connectivity index (χ4v) is 3.23. The molecule has 1 aliphatic rings. The molecular weight excluding hydrogens is 262 g/mol. The number of hydrogen-bond donors (Lipinski definition) is 0. The summed E-state index contributed by atoms with van der Waals surface area (Å²) in [4.78, 5) is 6.26. The average Bonchev–Trinajstić information content (AvgIpc) is 2.47. The quantitative estimate of drug-likeness (QED) is 0.838. The molecule has 2 rings (SSSR count). The molecule has 0 aromatic carbocycles. The Morgan fingerprint density at radius 1 is 1.37 bits per heavy atom. The Bertz CT molecular complexity index is 522. The fourth-order valence-electron chi connectivity index (χ4n) is 2.37. The molecule has 0 spiro atoms. The topological polar surface area (TPSA) is 53.5 Å². The lowest BCUT2D eigenvalue weighted by Gasteiger charge is -2.36. The zero-order valence-corrected chi connectivity index (χ0v) is 11.9. The van der Waals surface area contributed by atoms with Crippen molar-refractivity contribution in [3.63, 3.8) is 0 Å². The van der Waals surface area contributed by atoms with Gasteiger partial charge in [-0.05, 0) is 25.0 Å². The SMILES string of the molecule is C=CS(=O)(=O)N(C)C1CCN(c2ccncc2)CC1. The van der Waals surface area contributed by atoms with E-state index < -0.39 is 10.0 Å². The molecule has 1 saturated heterocycles. The van der Waals surface area contributed by atoms with Crippen LogP contribution in [-0.4, -0.2) is 43.9 Å². The van der Waals surface area contributed by atoms with Crippen LogP contribution in [0.5, 0.6) is 0 Å². The van der Waals surface area contributed by atoms with Gasteiger partial charge in [-0.1, -0.05) is 6.58 Å². The number of anilines is 1. The summed E-state index contributed by atoms with van der Waals surface area (Å²) in [5.41, 5.74) is 1.14. The van der Waals surface area contributed by atoms with Crippen molar-refractivity contribution >= 4 is 15.7 Å². The molecule has 0 amide bonds. The van der Waals surface area contributed by atoms with Gasteiger partial charge in [-0.15, -0.1) is 0 Å². The molecule has 5 nitrogen and oxygen atoms in total. The Hall–Kier alpha value is -1.40. The van der Waals surface area contributed by atoms with Crippen molar-refractivity contribution in [1.82, 2.24) is 9.29 Å². The number of pyridine rings is 1. The lowest BCUT2D eigenvalue weighted by atomic mass is 10.0. The van der Waals surface area contributed by atoms with E-state index in [0.717, 1.165) is 37.0 Å². The van der Waals surface area contributed by atoms with Crippen LogP contribution < -0.4 is 4.90 Å². The monoisotopic (exact) mass is 281 g/mol. The number of hydrogen-bond acceptors (Lipinski definition) is 4. The molecule has 0 bridgehead atoms. The molecular formula is C13H19N3O2S. The highest BCUT2D eigenvalue weighted by atomic mass is 32.2. The number of rotatable bonds is 4. The van der Waals surface area contributed by atoms with Crippen LogP contribution in [0.3, 0.4) is 0 Å². The van der Waals surface area contributed by atoms with Crippen molar-refractivity contribution in [3.05, 3.63) is 36.5 Å². The van der Waals surface area contributed by atoms with E-state index in [0.29, 0.717) is 0 Å². The van der Waals surface area contributed by atoms with E-state index in [-0.39, 0.29) is 6.04 Å². The van der Waals surface area contributed by atoms with Gasteiger partial charge in [0, 0.05) is 49.7 Å². The number of aromatic nitrogens is 1. The van der Waals surface area contributed by atoms with E-state index in [9.17, 15) is 8.42 Å². The van der Waals surface area contributed by atoms with Crippen LogP contribution in [0, 0.1) is 0 Å². The average molecular weight is 281 g/mol. The molecule has 6 heteroatoms. The van der Waals surface area contributed by atoms with Gasteiger partial charge in [0.25, 0.3) is 0 Å².